The molecule has 0 radical (unpaired) electrons. The van der Waals surface area contributed by atoms with Gasteiger partial charge in [-0.1, -0.05) is 48.0 Å². The average molecular weight is 252 g/mol. The third-order valence-corrected chi connectivity index (χ3v) is 3.07. The van der Waals surface area contributed by atoms with E-state index in [2.05, 4.69) is 46.6 Å². The lowest BCUT2D eigenvalue weighted by atomic mass is 9.87. The first-order chi connectivity index (χ1) is 8.27. The molecule has 0 spiro atoms. The van der Waals surface area contributed by atoms with E-state index in [1.807, 2.05) is 0 Å². The van der Waals surface area contributed by atoms with Crippen LogP contribution in [0.5, 0.6) is 5.88 Å². The highest BCUT2D eigenvalue weighted by Crippen LogP contribution is 2.32. The van der Waals surface area contributed by atoms with E-state index in [0.29, 0.717) is 11.8 Å². The Balaban J connectivity index is 3.14. The van der Waals surface area contributed by atoms with Crippen molar-refractivity contribution in [1.29, 1.82) is 0 Å². The van der Waals surface area contributed by atoms with E-state index < -0.39 is 0 Å². The first-order valence-electron chi connectivity index (χ1n) is 7.06. The van der Waals surface area contributed by atoms with E-state index in [9.17, 15) is 5.11 Å². The molecule has 0 saturated carbocycles. The van der Waals surface area contributed by atoms with Crippen LogP contribution in [0.3, 0.4) is 0 Å². The van der Waals surface area contributed by atoms with Gasteiger partial charge in [-0.2, -0.15) is 5.10 Å². The molecule has 0 unspecified atom stereocenters. The first kappa shape index (κ1) is 15.1. The van der Waals surface area contributed by atoms with Crippen molar-refractivity contribution >= 4 is 0 Å². The average Bonchev–Trinajstić information content (AvgIpc) is 2.53. The molecule has 1 rings (SSSR count). The summed E-state index contributed by atoms with van der Waals surface area (Å²) in [5.74, 6) is 0.905. The molecular formula is C15H28N2O. The molecule has 0 atom stereocenters. The number of hydrogen-bond donors (Lipinski definition) is 1. The molecule has 0 amide bonds. The second kappa shape index (κ2) is 5.77. The standard InChI is InChI=1S/C15H28N2O/c1-7-8-9-17-14(18)12(10-11(2)3)13(16-17)15(4,5)6/h11,18H,7-10H2,1-6H3. The van der Waals surface area contributed by atoms with Crippen molar-refractivity contribution in [1.82, 2.24) is 9.78 Å². The van der Waals surface area contributed by atoms with E-state index in [-0.39, 0.29) is 5.41 Å². The van der Waals surface area contributed by atoms with Gasteiger partial charge in [0, 0.05) is 17.5 Å². The molecule has 0 aliphatic rings. The number of nitrogens with zero attached hydrogens (tertiary/aromatic N) is 2. The summed E-state index contributed by atoms with van der Waals surface area (Å²) in [5.41, 5.74) is 2.07. The van der Waals surface area contributed by atoms with Gasteiger partial charge in [0.15, 0.2) is 0 Å². The largest absolute Gasteiger partial charge is 0.493 e. The van der Waals surface area contributed by atoms with E-state index in [0.717, 1.165) is 37.1 Å². The molecular weight excluding hydrogens is 224 g/mol. The van der Waals surface area contributed by atoms with Gasteiger partial charge in [0.2, 0.25) is 5.88 Å². The zero-order valence-corrected chi connectivity index (χ0v) is 12.7. The van der Waals surface area contributed by atoms with Crippen LogP contribution >= 0.6 is 0 Å². The number of aromatic hydroxyl groups is 1. The maximum Gasteiger partial charge on any atom is 0.212 e. The third-order valence-electron chi connectivity index (χ3n) is 3.07. The number of hydrogen-bond acceptors (Lipinski definition) is 2. The van der Waals surface area contributed by atoms with Crippen LogP contribution in [-0.2, 0) is 18.4 Å². The maximum absolute atomic E-state index is 10.3. The summed E-state index contributed by atoms with van der Waals surface area (Å²) in [6.07, 6.45) is 3.06. The van der Waals surface area contributed by atoms with Gasteiger partial charge in [-0.25, -0.2) is 4.68 Å². The minimum Gasteiger partial charge on any atom is -0.493 e. The van der Waals surface area contributed by atoms with E-state index in [1.165, 1.54) is 0 Å². The Morgan fingerprint density at radius 1 is 1.28 bits per heavy atom. The molecule has 0 saturated heterocycles. The summed E-state index contributed by atoms with van der Waals surface area (Å²) in [4.78, 5) is 0. The second-order valence-electron chi connectivity index (χ2n) is 6.58. The van der Waals surface area contributed by atoms with Gasteiger partial charge in [0.25, 0.3) is 0 Å². The monoisotopic (exact) mass is 252 g/mol. The van der Waals surface area contributed by atoms with Gasteiger partial charge >= 0.3 is 0 Å². The zero-order chi connectivity index (χ0) is 13.9. The molecule has 18 heavy (non-hydrogen) atoms. The lowest BCUT2D eigenvalue weighted by Gasteiger charge is -2.18. The van der Waals surface area contributed by atoms with Crippen LogP contribution in [-0.4, -0.2) is 14.9 Å². The van der Waals surface area contributed by atoms with E-state index in [1.54, 1.807) is 4.68 Å². The van der Waals surface area contributed by atoms with Gasteiger partial charge in [0.05, 0.1) is 5.69 Å². The molecule has 104 valence electrons. The number of rotatable bonds is 5. The zero-order valence-electron chi connectivity index (χ0n) is 12.7. The molecule has 0 aliphatic carbocycles. The van der Waals surface area contributed by atoms with Gasteiger partial charge in [-0.3, -0.25) is 0 Å². The van der Waals surface area contributed by atoms with Crippen molar-refractivity contribution in [3.63, 3.8) is 0 Å². The molecule has 1 heterocycles. The fourth-order valence-corrected chi connectivity index (χ4v) is 2.15. The fraction of sp³-hybridized carbons (Fsp3) is 0.800. The van der Waals surface area contributed by atoms with Crippen molar-refractivity contribution in [2.24, 2.45) is 5.92 Å². The highest BCUT2D eigenvalue weighted by Gasteiger charge is 2.26. The molecule has 0 aromatic carbocycles. The molecule has 0 bridgehead atoms. The minimum absolute atomic E-state index is 0.0147. The van der Waals surface area contributed by atoms with E-state index >= 15 is 0 Å². The van der Waals surface area contributed by atoms with Crippen LogP contribution < -0.4 is 0 Å². The van der Waals surface area contributed by atoms with Gasteiger partial charge in [-0.15, -0.1) is 0 Å². The Labute approximate surface area is 111 Å². The normalized spacial score (nSPS) is 12.4. The Kier molecular flexibility index (Phi) is 4.83. The molecule has 0 aliphatic heterocycles. The minimum atomic E-state index is -0.0147. The fourth-order valence-electron chi connectivity index (χ4n) is 2.15. The summed E-state index contributed by atoms with van der Waals surface area (Å²) in [6, 6.07) is 0. The summed E-state index contributed by atoms with van der Waals surface area (Å²) < 4.78 is 1.78. The predicted octanol–water partition coefficient (Wildman–Crippen LogP) is 3.88. The Morgan fingerprint density at radius 3 is 2.33 bits per heavy atom. The highest BCUT2D eigenvalue weighted by molar-refractivity contribution is 5.35. The molecule has 3 heteroatoms. The van der Waals surface area contributed by atoms with Gasteiger partial charge in [-0.05, 0) is 18.8 Å². The van der Waals surface area contributed by atoms with Crippen LogP contribution in [0.15, 0.2) is 0 Å². The summed E-state index contributed by atoms with van der Waals surface area (Å²) >= 11 is 0. The van der Waals surface area contributed by atoms with Gasteiger partial charge < -0.3 is 5.11 Å². The summed E-state index contributed by atoms with van der Waals surface area (Å²) in [7, 11) is 0. The van der Waals surface area contributed by atoms with Crippen LogP contribution in [0.25, 0.3) is 0 Å². The Bertz CT molecular complexity index is 386. The van der Waals surface area contributed by atoms with Crippen LogP contribution in [0, 0.1) is 5.92 Å². The van der Waals surface area contributed by atoms with E-state index in [4.69, 9.17) is 0 Å². The van der Waals surface area contributed by atoms with Crippen molar-refractivity contribution in [2.75, 3.05) is 0 Å². The van der Waals surface area contributed by atoms with Crippen LogP contribution in [0.4, 0.5) is 0 Å². The highest BCUT2D eigenvalue weighted by atomic mass is 16.3. The summed E-state index contributed by atoms with van der Waals surface area (Å²) in [5, 5.41) is 15.0. The van der Waals surface area contributed by atoms with Gasteiger partial charge in [0.1, 0.15) is 0 Å². The lowest BCUT2D eigenvalue weighted by Crippen LogP contribution is -2.15. The quantitative estimate of drug-likeness (QED) is 0.863. The maximum atomic E-state index is 10.3. The third kappa shape index (κ3) is 3.50. The van der Waals surface area contributed by atoms with Crippen molar-refractivity contribution < 1.29 is 5.11 Å². The molecule has 3 nitrogen and oxygen atoms in total. The Hall–Kier alpha value is -0.990. The molecule has 0 fully saturated rings. The second-order valence-corrected chi connectivity index (χ2v) is 6.58. The number of aromatic nitrogens is 2. The number of aryl methyl sites for hydroxylation is 1. The predicted molar refractivity (Wildman–Crippen MR) is 76.0 cm³/mol. The molecule has 1 N–H and O–H groups in total. The molecule has 1 aromatic heterocycles. The van der Waals surface area contributed by atoms with Crippen LogP contribution in [0.1, 0.15) is 65.6 Å². The Morgan fingerprint density at radius 2 is 1.89 bits per heavy atom. The molecule has 1 aromatic rings. The smallest absolute Gasteiger partial charge is 0.212 e. The number of unbranched alkanes of at least 4 members (excludes halogenated alkanes) is 1. The lowest BCUT2D eigenvalue weighted by molar-refractivity contribution is 0.386. The van der Waals surface area contributed by atoms with Crippen molar-refractivity contribution in [3.8, 4) is 5.88 Å². The van der Waals surface area contributed by atoms with Crippen molar-refractivity contribution in [2.45, 2.75) is 72.8 Å². The SMILES string of the molecule is CCCCn1nc(C(C)(C)C)c(CC(C)C)c1O. The summed E-state index contributed by atoms with van der Waals surface area (Å²) in [6.45, 7) is 13.8. The first-order valence-corrected chi connectivity index (χ1v) is 7.06. The topological polar surface area (TPSA) is 38.0 Å². The van der Waals surface area contributed by atoms with Crippen molar-refractivity contribution in [3.05, 3.63) is 11.3 Å². The van der Waals surface area contributed by atoms with Crippen LogP contribution in [0.2, 0.25) is 0 Å².